The average molecular weight is 585 g/mol. The van der Waals surface area contributed by atoms with Gasteiger partial charge in [-0.05, 0) is 36.8 Å². The maximum absolute atomic E-state index is 13.2. The molecule has 37 heavy (non-hydrogen) atoms. The lowest BCUT2D eigenvalue weighted by molar-refractivity contribution is -0.116. The van der Waals surface area contributed by atoms with Crippen molar-refractivity contribution in [3.8, 4) is 5.69 Å². The quantitative estimate of drug-likeness (QED) is 0.281. The van der Waals surface area contributed by atoms with Crippen LogP contribution in [0.4, 0.5) is 16.3 Å². The Morgan fingerprint density at radius 3 is 2.22 bits per heavy atom. The van der Waals surface area contributed by atoms with E-state index in [0.717, 1.165) is 12.1 Å². The maximum atomic E-state index is 13.2. The lowest BCUT2D eigenvalue weighted by atomic mass is 9.92. The molecule has 2 aromatic carbocycles. The fraction of sp³-hybridized carbons (Fsp3) is 0.346. The Hall–Kier alpha value is -2.45. The van der Waals surface area contributed by atoms with Crippen molar-refractivity contribution >= 4 is 69.8 Å². The van der Waals surface area contributed by atoms with Gasteiger partial charge in [-0.2, -0.15) is 5.10 Å². The number of rotatable bonds is 8. The van der Waals surface area contributed by atoms with E-state index in [2.05, 4.69) is 10.6 Å². The summed E-state index contributed by atoms with van der Waals surface area (Å²) in [6.45, 7) is 8.26. The average Bonchev–Trinajstić information content (AvgIpc) is 3.25. The van der Waals surface area contributed by atoms with Crippen molar-refractivity contribution in [3.63, 3.8) is 0 Å². The number of aromatic nitrogens is 2. The third kappa shape index (κ3) is 7.54. The number of nitrogens with zero attached hydrogens (tertiary/aromatic N) is 3. The lowest BCUT2D eigenvalue weighted by Crippen LogP contribution is -2.41. The number of halogens is 4. The Kier molecular flexibility index (Phi) is 9.75. The van der Waals surface area contributed by atoms with Crippen molar-refractivity contribution in [1.29, 1.82) is 0 Å². The summed E-state index contributed by atoms with van der Waals surface area (Å²) < 4.78 is 1.60. The highest BCUT2D eigenvalue weighted by atomic mass is 35.5. The molecule has 0 spiro atoms. The Morgan fingerprint density at radius 1 is 0.946 bits per heavy atom. The van der Waals surface area contributed by atoms with Gasteiger partial charge in [0.05, 0.1) is 37.2 Å². The molecule has 0 saturated carbocycles. The van der Waals surface area contributed by atoms with Crippen LogP contribution in [-0.4, -0.2) is 39.7 Å². The SMILES string of the molecule is CCCCN(CC(=O)Nc1cc(C(C)(C)C)nn1-c1ccc(Cl)c(Cl)c1)C(=O)Nc1c(Cl)cccc1Cl. The Bertz CT molecular complexity index is 1270. The second kappa shape index (κ2) is 12.4. The molecule has 1 heterocycles. The number of amides is 3. The van der Waals surface area contributed by atoms with Crippen molar-refractivity contribution in [1.82, 2.24) is 14.7 Å². The van der Waals surface area contributed by atoms with Gasteiger partial charge >= 0.3 is 6.03 Å². The summed E-state index contributed by atoms with van der Waals surface area (Å²) in [5.41, 5.74) is 1.42. The van der Waals surface area contributed by atoms with Crippen molar-refractivity contribution in [2.75, 3.05) is 23.7 Å². The van der Waals surface area contributed by atoms with Crippen molar-refractivity contribution in [2.45, 2.75) is 46.0 Å². The monoisotopic (exact) mass is 583 g/mol. The highest BCUT2D eigenvalue weighted by Gasteiger charge is 2.24. The molecule has 3 aromatic rings. The van der Waals surface area contributed by atoms with E-state index in [9.17, 15) is 9.59 Å². The smallest absolute Gasteiger partial charge is 0.315 e. The first-order valence-corrected chi connectivity index (χ1v) is 13.3. The molecule has 0 aliphatic carbocycles. The molecule has 1 aromatic heterocycles. The number of anilines is 2. The number of hydrogen-bond donors (Lipinski definition) is 2. The summed E-state index contributed by atoms with van der Waals surface area (Å²) in [7, 11) is 0. The normalized spacial score (nSPS) is 11.4. The molecule has 0 aliphatic heterocycles. The number of nitrogens with one attached hydrogen (secondary N) is 2. The van der Waals surface area contributed by atoms with Gasteiger partial charge in [0.1, 0.15) is 12.4 Å². The molecule has 0 atom stereocenters. The maximum Gasteiger partial charge on any atom is 0.322 e. The van der Waals surface area contributed by atoms with Crippen LogP contribution in [-0.2, 0) is 10.2 Å². The van der Waals surface area contributed by atoms with E-state index < -0.39 is 11.9 Å². The molecule has 3 amide bonds. The molecule has 11 heteroatoms. The molecule has 0 fully saturated rings. The minimum absolute atomic E-state index is 0.189. The van der Waals surface area contributed by atoms with Crippen LogP contribution in [0.15, 0.2) is 42.5 Å². The van der Waals surface area contributed by atoms with Crippen LogP contribution in [0.3, 0.4) is 0 Å². The van der Waals surface area contributed by atoms with Crippen LogP contribution in [0.1, 0.15) is 46.2 Å². The van der Waals surface area contributed by atoms with Gasteiger partial charge in [-0.15, -0.1) is 0 Å². The van der Waals surface area contributed by atoms with Crippen molar-refractivity contribution < 1.29 is 9.59 Å². The minimum atomic E-state index is -0.480. The topological polar surface area (TPSA) is 79.3 Å². The summed E-state index contributed by atoms with van der Waals surface area (Å²) >= 11 is 24.7. The van der Waals surface area contributed by atoms with Crippen LogP contribution in [0.25, 0.3) is 5.69 Å². The molecule has 7 nitrogen and oxygen atoms in total. The molecular formula is C26H29Cl4N5O2. The van der Waals surface area contributed by atoms with Gasteiger partial charge < -0.3 is 15.5 Å². The number of benzene rings is 2. The zero-order chi connectivity index (χ0) is 27.3. The van der Waals surface area contributed by atoms with E-state index in [0.29, 0.717) is 50.2 Å². The summed E-state index contributed by atoms with van der Waals surface area (Å²) in [6.07, 6.45) is 1.56. The zero-order valence-corrected chi connectivity index (χ0v) is 24.1. The molecule has 0 bridgehead atoms. The van der Waals surface area contributed by atoms with E-state index in [-0.39, 0.29) is 12.0 Å². The number of carbonyl (C=O) groups is 2. The first-order valence-electron chi connectivity index (χ1n) is 11.8. The van der Waals surface area contributed by atoms with Crippen LogP contribution < -0.4 is 10.6 Å². The van der Waals surface area contributed by atoms with Gasteiger partial charge in [-0.3, -0.25) is 4.79 Å². The van der Waals surface area contributed by atoms with Crippen molar-refractivity contribution in [3.05, 3.63) is 68.2 Å². The highest BCUT2D eigenvalue weighted by Crippen LogP contribution is 2.31. The molecule has 3 rings (SSSR count). The van der Waals surface area contributed by atoms with Crippen LogP contribution in [0.2, 0.25) is 20.1 Å². The molecule has 0 radical (unpaired) electrons. The standard InChI is InChI=1S/C26H29Cl4N5O2/c1-5-6-12-34(25(37)32-24-18(28)8-7-9-19(24)29)15-23(36)31-22-14-21(26(2,3)4)33-35(22)16-10-11-17(27)20(30)13-16/h7-11,13-14H,5-6,12,15H2,1-4H3,(H,31,36)(H,32,37). The molecule has 198 valence electrons. The van der Waals surface area contributed by atoms with E-state index in [1.54, 1.807) is 47.1 Å². The van der Waals surface area contributed by atoms with E-state index in [1.165, 1.54) is 4.90 Å². The second-order valence-electron chi connectivity index (χ2n) is 9.53. The Labute approximate surface area is 237 Å². The van der Waals surface area contributed by atoms with Gasteiger partial charge in [0, 0.05) is 18.0 Å². The zero-order valence-electron chi connectivity index (χ0n) is 21.0. The summed E-state index contributed by atoms with van der Waals surface area (Å²) in [4.78, 5) is 27.7. The van der Waals surface area contributed by atoms with E-state index >= 15 is 0 Å². The Morgan fingerprint density at radius 2 is 1.62 bits per heavy atom. The fourth-order valence-electron chi connectivity index (χ4n) is 3.41. The number of unbranched alkanes of at least 4 members (excludes halogenated alkanes) is 1. The Balaban J connectivity index is 1.85. The largest absolute Gasteiger partial charge is 0.322 e. The lowest BCUT2D eigenvalue weighted by Gasteiger charge is -2.23. The van der Waals surface area contributed by atoms with Crippen LogP contribution in [0.5, 0.6) is 0 Å². The number of hydrogen-bond acceptors (Lipinski definition) is 3. The first-order chi connectivity index (χ1) is 17.4. The van der Waals surface area contributed by atoms with E-state index in [1.807, 2.05) is 27.7 Å². The van der Waals surface area contributed by atoms with Crippen LogP contribution in [0, 0.1) is 0 Å². The number of carbonyl (C=O) groups excluding carboxylic acids is 2. The van der Waals surface area contributed by atoms with Crippen LogP contribution >= 0.6 is 46.4 Å². The predicted octanol–water partition coefficient (Wildman–Crippen LogP) is 8.06. The van der Waals surface area contributed by atoms with Gasteiger partial charge in [0.25, 0.3) is 0 Å². The molecule has 2 N–H and O–H groups in total. The van der Waals surface area contributed by atoms with Gasteiger partial charge in [-0.1, -0.05) is 86.6 Å². The summed E-state index contributed by atoms with van der Waals surface area (Å²) in [5.74, 6) is 0.0523. The third-order valence-electron chi connectivity index (χ3n) is 5.49. The molecule has 0 saturated heterocycles. The molecular weight excluding hydrogens is 556 g/mol. The fourth-order valence-corrected chi connectivity index (χ4v) is 4.19. The summed E-state index contributed by atoms with van der Waals surface area (Å²) in [5, 5.41) is 11.7. The number of urea groups is 1. The minimum Gasteiger partial charge on any atom is -0.315 e. The molecule has 0 aliphatic rings. The third-order valence-corrected chi connectivity index (χ3v) is 6.86. The predicted molar refractivity (Wildman–Crippen MR) is 153 cm³/mol. The van der Waals surface area contributed by atoms with Gasteiger partial charge in [0.2, 0.25) is 5.91 Å². The van der Waals surface area contributed by atoms with Gasteiger partial charge in [0.15, 0.2) is 0 Å². The summed E-state index contributed by atoms with van der Waals surface area (Å²) in [6, 6.07) is 11.4. The second-order valence-corrected chi connectivity index (χ2v) is 11.2. The molecule has 0 unspecified atom stereocenters. The first kappa shape index (κ1) is 29.1. The highest BCUT2D eigenvalue weighted by molar-refractivity contribution is 6.42. The van der Waals surface area contributed by atoms with E-state index in [4.69, 9.17) is 51.5 Å². The van der Waals surface area contributed by atoms with Crippen molar-refractivity contribution in [2.24, 2.45) is 0 Å². The number of para-hydroxylation sites is 1. The van der Waals surface area contributed by atoms with Gasteiger partial charge in [-0.25, -0.2) is 9.48 Å².